The molecule has 0 bridgehead atoms. The molecule has 2 saturated heterocycles. The van der Waals surface area contributed by atoms with Gasteiger partial charge < -0.3 is 19.4 Å². The van der Waals surface area contributed by atoms with Crippen LogP contribution in [-0.4, -0.2) is 81.7 Å². The Morgan fingerprint density at radius 2 is 1.77 bits per heavy atom. The van der Waals surface area contributed by atoms with E-state index in [-0.39, 0.29) is 47.6 Å². The van der Waals surface area contributed by atoms with Crippen molar-refractivity contribution in [2.24, 2.45) is 5.92 Å². The molecular formula is C41H47F4N7O4. The van der Waals surface area contributed by atoms with Gasteiger partial charge in [-0.2, -0.15) is 0 Å². The number of rotatable bonds is 11. The number of alkyl halides is 4. The number of anilines is 2. The van der Waals surface area contributed by atoms with Crippen molar-refractivity contribution in [3.63, 3.8) is 0 Å². The van der Waals surface area contributed by atoms with Gasteiger partial charge >= 0.3 is 0 Å². The lowest BCUT2D eigenvalue weighted by Crippen LogP contribution is -2.58. The number of piperidine rings is 2. The van der Waals surface area contributed by atoms with E-state index in [9.17, 15) is 23.2 Å². The van der Waals surface area contributed by atoms with Gasteiger partial charge in [-0.3, -0.25) is 24.6 Å². The Morgan fingerprint density at radius 3 is 2.45 bits per heavy atom. The molecule has 0 spiro atoms. The van der Waals surface area contributed by atoms with Crippen molar-refractivity contribution in [2.45, 2.75) is 95.1 Å². The van der Waals surface area contributed by atoms with E-state index in [0.29, 0.717) is 43.0 Å². The molecule has 3 aromatic heterocycles. The molecule has 5 heterocycles. The van der Waals surface area contributed by atoms with Crippen LogP contribution in [0.3, 0.4) is 0 Å². The molecule has 11 nitrogen and oxygen atoms in total. The van der Waals surface area contributed by atoms with Crippen molar-refractivity contribution in [1.82, 2.24) is 24.6 Å². The number of ether oxygens (including phenoxy) is 1. The Hall–Kier alpha value is -5.05. The third-order valence-electron chi connectivity index (χ3n) is 11.2. The zero-order valence-electron chi connectivity index (χ0n) is 31.7. The summed E-state index contributed by atoms with van der Waals surface area (Å²) in [4.78, 5) is 49.4. The number of halogens is 4. The average molecular weight is 778 g/mol. The molecule has 2 aliphatic heterocycles. The van der Waals surface area contributed by atoms with Gasteiger partial charge in [0, 0.05) is 49.6 Å². The highest BCUT2D eigenvalue weighted by Crippen LogP contribution is 2.39. The number of hydrogen-bond acceptors (Lipinski definition) is 8. The molecule has 298 valence electrons. The number of nitrogens with one attached hydrogen (secondary N) is 2. The van der Waals surface area contributed by atoms with Crippen LogP contribution in [0.5, 0.6) is 5.75 Å². The van der Waals surface area contributed by atoms with E-state index in [1.54, 1.807) is 52.9 Å². The number of amides is 3. The summed E-state index contributed by atoms with van der Waals surface area (Å²) in [6, 6.07) is 12.0. The standard InChI is InChI=1S/C41H47F4N7O4/c1-24(2)56-33-19-36-47-32(22-52(36)21-30(33)40(55)48-35-6-4-5-31(46-35)38(42)43)27-9-7-25(8-10-27)20-50(3)34-17-18-51(23-41(34,44)45)28-13-11-26(12-14-28)29-15-16-37(53)49-39(29)54/h4-6,11-14,19,21-22,24-25,27,29,34,38H,7-10,15-18,20,23H2,1-3H3,(H,46,48,55)(H,49,53,54)/t25-,27-,29?,34?. The van der Waals surface area contributed by atoms with Crippen LogP contribution in [0.2, 0.25) is 0 Å². The molecule has 4 aromatic rings. The molecule has 2 unspecified atom stereocenters. The molecular weight excluding hydrogens is 730 g/mol. The molecule has 1 aromatic carbocycles. The summed E-state index contributed by atoms with van der Waals surface area (Å²) in [6.45, 7) is 4.34. The van der Waals surface area contributed by atoms with Crippen LogP contribution in [0, 0.1) is 5.92 Å². The van der Waals surface area contributed by atoms with Crippen molar-refractivity contribution in [3.05, 3.63) is 83.4 Å². The number of carbonyl (C=O) groups excluding carboxylic acids is 3. The Labute approximate surface area is 322 Å². The second kappa shape index (κ2) is 16.2. The van der Waals surface area contributed by atoms with Gasteiger partial charge in [-0.25, -0.2) is 27.5 Å². The van der Waals surface area contributed by atoms with Crippen molar-refractivity contribution in [1.29, 1.82) is 0 Å². The first-order chi connectivity index (χ1) is 26.7. The molecule has 0 radical (unpaired) electrons. The van der Waals surface area contributed by atoms with Gasteiger partial charge in [0.1, 0.15) is 22.9 Å². The fourth-order valence-electron chi connectivity index (χ4n) is 8.38. The predicted molar refractivity (Wildman–Crippen MR) is 203 cm³/mol. The first kappa shape index (κ1) is 39.2. The fourth-order valence-corrected chi connectivity index (χ4v) is 8.38. The van der Waals surface area contributed by atoms with Crippen LogP contribution in [-0.2, 0) is 9.59 Å². The SMILES string of the molecule is CC(C)Oc1cc2nc([C@H]3CC[C@H](CN(C)C4CCN(c5ccc(C6CCC(=O)NC6=O)cc5)CC4(F)F)CC3)cn2cc1C(=O)Nc1cccc(C(F)F)n1. The summed E-state index contributed by atoms with van der Waals surface area (Å²) < 4.78 is 65.6. The van der Waals surface area contributed by atoms with Crippen LogP contribution >= 0.6 is 0 Å². The van der Waals surface area contributed by atoms with E-state index in [2.05, 4.69) is 15.6 Å². The average Bonchev–Trinajstić information content (AvgIpc) is 3.57. The van der Waals surface area contributed by atoms with Gasteiger partial charge in [0.2, 0.25) is 11.8 Å². The van der Waals surface area contributed by atoms with E-state index in [4.69, 9.17) is 9.72 Å². The highest BCUT2D eigenvalue weighted by Gasteiger charge is 2.47. The summed E-state index contributed by atoms with van der Waals surface area (Å²) >= 11 is 0. The van der Waals surface area contributed by atoms with Gasteiger partial charge in [-0.15, -0.1) is 0 Å². The maximum Gasteiger partial charge on any atom is 0.280 e. The summed E-state index contributed by atoms with van der Waals surface area (Å²) in [6.07, 6.45) is 4.97. The number of aromatic nitrogens is 3. The number of pyridine rings is 2. The highest BCUT2D eigenvalue weighted by atomic mass is 19.3. The maximum atomic E-state index is 15.7. The minimum absolute atomic E-state index is 0.00180. The van der Waals surface area contributed by atoms with Crippen LogP contribution in [0.4, 0.5) is 29.1 Å². The minimum atomic E-state index is -2.93. The van der Waals surface area contributed by atoms with Gasteiger partial charge in [-0.1, -0.05) is 18.2 Å². The second-order valence-electron chi connectivity index (χ2n) is 15.6. The number of imide groups is 1. The Kier molecular flexibility index (Phi) is 11.3. The summed E-state index contributed by atoms with van der Waals surface area (Å²) in [5, 5.41) is 4.97. The van der Waals surface area contributed by atoms with Crippen molar-refractivity contribution >= 4 is 34.9 Å². The summed E-state index contributed by atoms with van der Waals surface area (Å²) in [5.74, 6) is -3.76. The molecule has 15 heteroatoms. The topological polar surface area (TPSA) is 121 Å². The smallest absolute Gasteiger partial charge is 0.280 e. The van der Waals surface area contributed by atoms with E-state index < -0.39 is 42.5 Å². The van der Waals surface area contributed by atoms with E-state index in [1.807, 2.05) is 24.9 Å². The lowest BCUT2D eigenvalue weighted by molar-refractivity contribution is -0.134. The lowest BCUT2D eigenvalue weighted by Gasteiger charge is -2.44. The Balaban J connectivity index is 0.948. The third kappa shape index (κ3) is 8.67. The predicted octanol–water partition coefficient (Wildman–Crippen LogP) is 7.35. The first-order valence-corrected chi connectivity index (χ1v) is 19.3. The molecule has 2 N–H and O–H groups in total. The molecule has 3 fully saturated rings. The third-order valence-corrected chi connectivity index (χ3v) is 11.2. The Morgan fingerprint density at radius 1 is 1.02 bits per heavy atom. The molecule has 3 amide bonds. The molecule has 1 aliphatic carbocycles. The van der Waals surface area contributed by atoms with E-state index >= 15 is 8.78 Å². The fraction of sp³-hybridized carbons (Fsp3) is 0.488. The number of fused-ring (bicyclic) bond motifs is 1. The van der Waals surface area contributed by atoms with E-state index in [0.717, 1.165) is 36.9 Å². The van der Waals surface area contributed by atoms with Gasteiger partial charge in [0.15, 0.2) is 0 Å². The van der Waals surface area contributed by atoms with Gasteiger partial charge in [0.05, 0.1) is 35.9 Å². The molecule has 7 rings (SSSR count). The van der Waals surface area contributed by atoms with Gasteiger partial charge in [0.25, 0.3) is 18.3 Å². The quantitative estimate of drug-likeness (QED) is 0.120. The van der Waals surface area contributed by atoms with Crippen molar-refractivity contribution in [2.75, 3.05) is 36.9 Å². The van der Waals surface area contributed by atoms with Crippen molar-refractivity contribution in [3.8, 4) is 5.75 Å². The lowest BCUT2D eigenvalue weighted by atomic mass is 9.80. The van der Waals surface area contributed by atoms with Crippen LogP contribution in [0.1, 0.15) is 104 Å². The molecule has 2 atom stereocenters. The summed E-state index contributed by atoms with van der Waals surface area (Å²) in [7, 11) is 1.80. The highest BCUT2D eigenvalue weighted by molar-refractivity contribution is 6.06. The minimum Gasteiger partial charge on any atom is -0.490 e. The molecule has 3 aliphatic rings. The largest absolute Gasteiger partial charge is 0.490 e. The zero-order chi connectivity index (χ0) is 39.7. The maximum absolute atomic E-state index is 15.7. The normalized spacial score (nSPS) is 22.9. The number of nitrogens with zero attached hydrogens (tertiary/aromatic N) is 5. The van der Waals surface area contributed by atoms with Crippen LogP contribution in [0.15, 0.2) is 60.9 Å². The van der Waals surface area contributed by atoms with E-state index in [1.165, 1.54) is 18.2 Å². The first-order valence-electron chi connectivity index (χ1n) is 19.3. The van der Waals surface area contributed by atoms with Crippen LogP contribution < -0.4 is 20.3 Å². The number of hydrogen-bond donors (Lipinski definition) is 2. The van der Waals surface area contributed by atoms with Crippen molar-refractivity contribution < 1.29 is 36.7 Å². The summed E-state index contributed by atoms with van der Waals surface area (Å²) in [5.41, 5.74) is 2.70. The number of imidazole rings is 1. The number of carbonyl (C=O) groups is 3. The van der Waals surface area contributed by atoms with Crippen LogP contribution in [0.25, 0.3) is 5.65 Å². The zero-order valence-corrected chi connectivity index (χ0v) is 31.7. The monoisotopic (exact) mass is 777 g/mol. The Bertz CT molecular complexity index is 2070. The molecule has 56 heavy (non-hydrogen) atoms. The number of benzene rings is 1. The molecule has 1 saturated carbocycles. The second-order valence-corrected chi connectivity index (χ2v) is 15.6. The van der Waals surface area contributed by atoms with Gasteiger partial charge in [-0.05, 0) is 95.2 Å².